The van der Waals surface area contributed by atoms with E-state index in [2.05, 4.69) is 4.74 Å². The summed E-state index contributed by atoms with van der Waals surface area (Å²) in [6.07, 6.45) is 0. The third kappa shape index (κ3) is 3.56. The second-order valence-electron chi connectivity index (χ2n) is 6.87. The molecular formula is C23H18F2N2O4. The second kappa shape index (κ2) is 8.06. The van der Waals surface area contributed by atoms with Gasteiger partial charge in [0.2, 0.25) is 5.91 Å². The molecule has 1 amide bonds. The van der Waals surface area contributed by atoms with Crippen LogP contribution in [0.15, 0.2) is 54.6 Å². The van der Waals surface area contributed by atoms with Gasteiger partial charge in [0, 0.05) is 16.5 Å². The zero-order valence-electron chi connectivity index (χ0n) is 16.5. The number of ether oxygens (including phenoxy) is 2. The van der Waals surface area contributed by atoms with Crippen LogP contribution in [0, 0.1) is 11.6 Å². The van der Waals surface area contributed by atoms with E-state index in [4.69, 9.17) is 10.5 Å². The van der Waals surface area contributed by atoms with E-state index in [-0.39, 0.29) is 24.3 Å². The molecule has 1 heterocycles. The van der Waals surface area contributed by atoms with Crippen molar-refractivity contribution < 1.29 is 27.8 Å². The van der Waals surface area contributed by atoms with E-state index in [9.17, 15) is 18.4 Å². The summed E-state index contributed by atoms with van der Waals surface area (Å²) in [6, 6.07) is 13.7. The molecule has 3 aromatic carbocycles. The first kappa shape index (κ1) is 20.3. The van der Waals surface area contributed by atoms with Gasteiger partial charge in [-0.3, -0.25) is 4.79 Å². The summed E-state index contributed by atoms with van der Waals surface area (Å²) in [5.74, 6) is -2.29. The molecule has 0 spiro atoms. The predicted octanol–water partition coefficient (Wildman–Crippen LogP) is 3.77. The lowest BCUT2D eigenvalue weighted by atomic mass is 10.1. The van der Waals surface area contributed by atoms with Gasteiger partial charge in [-0.05, 0) is 36.4 Å². The average Bonchev–Trinajstić information content (AvgIpc) is 3.08. The van der Waals surface area contributed by atoms with Crippen molar-refractivity contribution in [3.8, 4) is 5.75 Å². The Morgan fingerprint density at radius 1 is 0.935 bits per heavy atom. The monoisotopic (exact) mass is 424 g/mol. The van der Waals surface area contributed by atoms with Crippen LogP contribution in [0.1, 0.15) is 15.9 Å². The standard InChI is InChI=1S/C23H18F2N2O4/c1-30-20(28)12-31-19-10-4-9-18-22(19)21-13(23(26)29)5-2-8-17(21)27(18)11-14-15(24)6-3-7-16(14)25/h2-10H,11-12H2,1H3,(H2,26,29). The molecule has 2 N–H and O–H groups in total. The van der Waals surface area contributed by atoms with E-state index in [0.717, 1.165) is 0 Å². The number of nitrogens with zero attached hydrogens (tertiary/aromatic N) is 1. The molecule has 0 aliphatic heterocycles. The number of esters is 1. The first-order chi connectivity index (χ1) is 14.9. The minimum atomic E-state index is -0.681. The maximum absolute atomic E-state index is 14.4. The van der Waals surface area contributed by atoms with Crippen LogP contribution in [0.4, 0.5) is 8.78 Å². The Hall–Kier alpha value is -3.94. The van der Waals surface area contributed by atoms with E-state index < -0.39 is 23.5 Å². The van der Waals surface area contributed by atoms with Gasteiger partial charge in [0.05, 0.1) is 30.1 Å². The summed E-state index contributed by atoms with van der Waals surface area (Å²) in [5, 5.41) is 0.981. The van der Waals surface area contributed by atoms with E-state index in [0.29, 0.717) is 27.6 Å². The molecule has 0 atom stereocenters. The smallest absolute Gasteiger partial charge is 0.343 e. The normalized spacial score (nSPS) is 11.1. The van der Waals surface area contributed by atoms with Crippen molar-refractivity contribution in [3.05, 3.63) is 77.4 Å². The first-order valence-electron chi connectivity index (χ1n) is 9.38. The number of benzene rings is 3. The number of hydrogen-bond donors (Lipinski definition) is 1. The fourth-order valence-corrected chi connectivity index (χ4v) is 3.69. The summed E-state index contributed by atoms with van der Waals surface area (Å²) in [7, 11) is 1.24. The summed E-state index contributed by atoms with van der Waals surface area (Å²) >= 11 is 0. The minimum Gasteiger partial charge on any atom is -0.481 e. The number of methoxy groups -OCH3 is 1. The third-order valence-corrected chi connectivity index (χ3v) is 5.09. The van der Waals surface area contributed by atoms with Crippen LogP contribution in [-0.2, 0) is 16.1 Å². The Bertz CT molecular complexity index is 1310. The molecule has 0 aliphatic carbocycles. The van der Waals surface area contributed by atoms with Crippen molar-refractivity contribution in [2.75, 3.05) is 13.7 Å². The Labute approximate surface area is 175 Å². The molecule has 6 nitrogen and oxygen atoms in total. The highest BCUT2D eigenvalue weighted by Crippen LogP contribution is 2.38. The zero-order chi connectivity index (χ0) is 22.1. The molecule has 4 aromatic rings. The van der Waals surface area contributed by atoms with Crippen molar-refractivity contribution in [1.82, 2.24) is 4.57 Å². The number of aromatic nitrogens is 1. The number of carbonyl (C=O) groups excluding carboxylic acids is 2. The van der Waals surface area contributed by atoms with Gasteiger partial charge in [-0.1, -0.05) is 18.2 Å². The highest BCUT2D eigenvalue weighted by molar-refractivity contribution is 6.19. The number of nitrogens with two attached hydrogens (primary N) is 1. The minimum absolute atomic E-state index is 0.119. The SMILES string of the molecule is COC(=O)COc1cccc2c1c1c(C(N)=O)cccc1n2Cc1c(F)cccc1F. The van der Waals surface area contributed by atoms with Gasteiger partial charge in [0.1, 0.15) is 17.4 Å². The van der Waals surface area contributed by atoms with Gasteiger partial charge in [-0.15, -0.1) is 0 Å². The number of amides is 1. The van der Waals surface area contributed by atoms with Gasteiger partial charge in [-0.25, -0.2) is 13.6 Å². The fourth-order valence-electron chi connectivity index (χ4n) is 3.69. The number of primary amides is 1. The average molecular weight is 424 g/mol. The molecule has 0 aliphatic rings. The molecule has 1 aromatic heterocycles. The van der Waals surface area contributed by atoms with Gasteiger partial charge < -0.3 is 19.8 Å². The van der Waals surface area contributed by atoms with Crippen LogP contribution < -0.4 is 10.5 Å². The van der Waals surface area contributed by atoms with Crippen LogP contribution in [-0.4, -0.2) is 30.2 Å². The van der Waals surface area contributed by atoms with E-state index in [1.807, 2.05) is 0 Å². The number of halogens is 2. The van der Waals surface area contributed by atoms with Gasteiger partial charge in [0.25, 0.3) is 0 Å². The molecule has 31 heavy (non-hydrogen) atoms. The maximum atomic E-state index is 14.4. The maximum Gasteiger partial charge on any atom is 0.343 e. The fraction of sp³-hybridized carbons (Fsp3) is 0.130. The predicted molar refractivity (Wildman–Crippen MR) is 111 cm³/mol. The number of rotatable bonds is 6. The molecule has 8 heteroatoms. The van der Waals surface area contributed by atoms with Crippen LogP contribution in [0.2, 0.25) is 0 Å². The number of carbonyl (C=O) groups is 2. The number of fused-ring (bicyclic) bond motifs is 3. The van der Waals surface area contributed by atoms with Gasteiger partial charge >= 0.3 is 5.97 Å². The lowest BCUT2D eigenvalue weighted by Gasteiger charge is -2.10. The van der Waals surface area contributed by atoms with Crippen molar-refractivity contribution in [2.45, 2.75) is 6.54 Å². The largest absolute Gasteiger partial charge is 0.481 e. The molecule has 158 valence electrons. The summed E-state index contributed by atoms with van der Waals surface area (Å²) < 4.78 is 40.7. The van der Waals surface area contributed by atoms with Crippen LogP contribution in [0.3, 0.4) is 0 Å². The lowest BCUT2D eigenvalue weighted by Crippen LogP contribution is -2.13. The van der Waals surface area contributed by atoms with Crippen molar-refractivity contribution in [2.24, 2.45) is 5.73 Å². The van der Waals surface area contributed by atoms with Crippen LogP contribution >= 0.6 is 0 Å². The Balaban J connectivity index is 2.01. The first-order valence-corrected chi connectivity index (χ1v) is 9.38. The molecule has 0 saturated heterocycles. The van der Waals surface area contributed by atoms with Crippen LogP contribution in [0.25, 0.3) is 21.8 Å². The van der Waals surface area contributed by atoms with Crippen LogP contribution in [0.5, 0.6) is 5.75 Å². The van der Waals surface area contributed by atoms with E-state index in [1.165, 1.54) is 25.3 Å². The van der Waals surface area contributed by atoms with E-state index >= 15 is 0 Å². The van der Waals surface area contributed by atoms with Crippen molar-refractivity contribution in [3.63, 3.8) is 0 Å². The molecule has 4 rings (SSSR count). The lowest BCUT2D eigenvalue weighted by molar-refractivity contribution is -0.142. The highest BCUT2D eigenvalue weighted by Gasteiger charge is 2.21. The molecule has 0 bridgehead atoms. The number of hydrogen-bond acceptors (Lipinski definition) is 4. The highest BCUT2D eigenvalue weighted by atomic mass is 19.1. The van der Waals surface area contributed by atoms with Crippen molar-refractivity contribution >= 4 is 33.7 Å². The van der Waals surface area contributed by atoms with Gasteiger partial charge in [-0.2, -0.15) is 0 Å². The van der Waals surface area contributed by atoms with Gasteiger partial charge in [0.15, 0.2) is 6.61 Å². The molecule has 0 fully saturated rings. The second-order valence-corrected chi connectivity index (χ2v) is 6.87. The summed E-state index contributed by atoms with van der Waals surface area (Å²) in [4.78, 5) is 23.7. The Morgan fingerprint density at radius 2 is 1.55 bits per heavy atom. The Morgan fingerprint density at radius 3 is 2.19 bits per heavy atom. The summed E-state index contributed by atoms with van der Waals surface area (Å²) in [5.41, 5.74) is 6.81. The molecule has 0 saturated carbocycles. The van der Waals surface area contributed by atoms with E-state index in [1.54, 1.807) is 41.0 Å². The third-order valence-electron chi connectivity index (χ3n) is 5.09. The zero-order valence-corrected chi connectivity index (χ0v) is 16.5. The molecular weight excluding hydrogens is 406 g/mol. The molecule has 0 unspecified atom stereocenters. The Kier molecular flexibility index (Phi) is 5.29. The molecule has 0 radical (unpaired) electrons. The van der Waals surface area contributed by atoms with Crippen molar-refractivity contribution in [1.29, 1.82) is 0 Å². The topological polar surface area (TPSA) is 83.6 Å². The quantitative estimate of drug-likeness (QED) is 0.478. The summed E-state index contributed by atoms with van der Waals surface area (Å²) in [6.45, 7) is -0.468.